The molecule has 6 nitrogen and oxygen atoms in total. The molecule has 6 heteroatoms. The van der Waals surface area contributed by atoms with E-state index in [2.05, 4.69) is 22.2 Å². The van der Waals surface area contributed by atoms with Crippen molar-refractivity contribution in [3.8, 4) is 5.75 Å². The van der Waals surface area contributed by atoms with E-state index < -0.39 is 0 Å². The normalized spacial score (nSPS) is 11.6. The number of fused-ring (bicyclic) bond motifs is 1. The van der Waals surface area contributed by atoms with E-state index in [1.165, 1.54) is 6.07 Å². The van der Waals surface area contributed by atoms with Crippen LogP contribution in [0.25, 0.3) is 11.0 Å². The highest BCUT2D eigenvalue weighted by atomic mass is 16.3. The molecule has 2 aromatic carbocycles. The molecular formula is C24H21N3O3. The average Bonchev–Trinajstić information content (AvgIpc) is 2.75. The smallest absolute Gasteiger partial charge is 0.262 e. The molecule has 0 spiro atoms. The Hall–Kier alpha value is -3.93. The Morgan fingerprint density at radius 3 is 2.77 bits per heavy atom. The van der Waals surface area contributed by atoms with Gasteiger partial charge in [-0.1, -0.05) is 25.1 Å². The van der Waals surface area contributed by atoms with Gasteiger partial charge in [0.2, 0.25) is 5.55 Å². The largest absolute Gasteiger partial charge is 0.508 e. The minimum atomic E-state index is -0.379. The van der Waals surface area contributed by atoms with E-state index in [-0.39, 0.29) is 22.8 Å². The summed E-state index contributed by atoms with van der Waals surface area (Å²) in [5.41, 5.74) is 3.68. The molecule has 30 heavy (non-hydrogen) atoms. The Morgan fingerprint density at radius 1 is 1.13 bits per heavy atom. The third kappa shape index (κ3) is 4.22. The van der Waals surface area contributed by atoms with Crippen molar-refractivity contribution >= 4 is 28.4 Å². The molecule has 2 aromatic heterocycles. The van der Waals surface area contributed by atoms with Gasteiger partial charge in [0.25, 0.3) is 5.91 Å². The number of aromatic hydroxyl groups is 1. The quantitative estimate of drug-likeness (QED) is 0.511. The third-order valence-electron chi connectivity index (χ3n) is 4.68. The van der Waals surface area contributed by atoms with Crippen LogP contribution in [0, 0.1) is 6.92 Å². The maximum Gasteiger partial charge on any atom is 0.262 e. The highest BCUT2D eigenvalue weighted by molar-refractivity contribution is 6.05. The Balaban J connectivity index is 1.84. The lowest BCUT2D eigenvalue weighted by Crippen LogP contribution is -2.22. The minimum absolute atomic E-state index is 0.0752. The first-order valence-corrected chi connectivity index (χ1v) is 9.66. The van der Waals surface area contributed by atoms with Crippen LogP contribution in [0.4, 0.5) is 11.5 Å². The fourth-order valence-corrected chi connectivity index (χ4v) is 3.04. The summed E-state index contributed by atoms with van der Waals surface area (Å²) in [6, 6.07) is 17.8. The van der Waals surface area contributed by atoms with Gasteiger partial charge < -0.3 is 14.8 Å². The Kier molecular flexibility index (Phi) is 5.30. The van der Waals surface area contributed by atoms with Gasteiger partial charge >= 0.3 is 0 Å². The number of hydrogen-bond acceptors (Lipinski definition) is 5. The number of anilines is 1. The molecule has 0 bridgehead atoms. The summed E-state index contributed by atoms with van der Waals surface area (Å²) in [4.78, 5) is 21.8. The molecule has 0 aliphatic rings. The summed E-state index contributed by atoms with van der Waals surface area (Å²) in [5, 5.41) is 13.3. The molecule has 0 aliphatic heterocycles. The van der Waals surface area contributed by atoms with Crippen LogP contribution >= 0.6 is 0 Å². The zero-order valence-corrected chi connectivity index (χ0v) is 16.7. The molecule has 2 N–H and O–H groups in total. The number of pyridine rings is 1. The number of carbonyl (C=O) groups excluding carboxylic acids is 1. The first kappa shape index (κ1) is 19.4. The number of phenols is 1. The van der Waals surface area contributed by atoms with Crippen LogP contribution in [-0.4, -0.2) is 16.0 Å². The summed E-state index contributed by atoms with van der Waals surface area (Å²) >= 11 is 0. The van der Waals surface area contributed by atoms with Gasteiger partial charge in [0.15, 0.2) is 0 Å². The van der Waals surface area contributed by atoms with Crippen LogP contribution in [0.5, 0.6) is 5.75 Å². The summed E-state index contributed by atoms with van der Waals surface area (Å²) in [7, 11) is 0. The number of aryl methyl sites for hydroxylation is 2. The first-order chi connectivity index (χ1) is 14.5. The van der Waals surface area contributed by atoms with E-state index in [4.69, 9.17) is 4.42 Å². The number of benzene rings is 2. The second-order valence-electron chi connectivity index (χ2n) is 7.00. The van der Waals surface area contributed by atoms with Crippen LogP contribution in [0.15, 0.2) is 76.3 Å². The molecular weight excluding hydrogens is 378 g/mol. The monoisotopic (exact) mass is 399 g/mol. The lowest BCUT2D eigenvalue weighted by molar-refractivity contribution is 0.102. The first-order valence-electron chi connectivity index (χ1n) is 9.66. The number of phenolic OH excluding ortho intramolecular Hbond substituents is 1. The van der Waals surface area contributed by atoms with Crippen molar-refractivity contribution in [3.63, 3.8) is 0 Å². The van der Waals surface area contributed by atoms with Crippen LogP contribution < -0.4 is 10.9 Å². The molecule has 4 rings (SSSR count). The molecule has 0 aliphatic carbocycles. The standard InChI is InChI=1S/C24H21N3O3/c1-3-16-5-4-6-18(11-16)26-24-20(12-17-8-9-19(28)13-21(17)30-24)23(29)27-22-10-7-15(2)14-25-22/h4-14,28H,3H2,1-2H3,(H,25,27,29). The minimum Gasteiger partial charge on any atom is -0.508 e. The molecule has 0 radical (unpaired) electrons. The van der Waals surface area contributed by atoms with Gasteiger partial charge in [0, 0.05) is 17.6 Å². The fraction of sp³-hybridized carbons (Fsp3) is 0.125. The average molecular weight is 399 g/mol. The third-order valence-corrected chi connectivity index (χ3v) is 4.68. The van der Waals surface area contributed by atoms with Crippen LogP contribution in [0.2, 0.25) is 0 Å². The molecule has 0 saturated carbocycles. The Morgan fingerprint density at radius 2 is 2.00 bits per heavy atom. The maximum absolute atomic E-state index is 13.0. The molecule has 0 saturated heterocycles. The van der Waals surface area contributed by atoms with Crippen molar-refractivity contribution in [3.05, 3.63) is 89.1 Å². The molecule has 0 fully saturated rings. The van der Waals surface area contributed by atoms with Crippen LogP contribution in [0.1, 0.15) is 28.4 Å². The number of aromatic nitrogens is 1. The lowest BCUT2D eigenvalue weighted by Gasteiger charge is -2.07. The lowest BCUT2D eigenvalue weighted by atomic mass is 10.1. The Labute approximate surface area is 173 Å². The summed E-state index contributed by atoms with van der Waals surface area (Å²) in [5.74, 6) is 0.136. The topological polar surface area (TPSA) is 87.7 Å². The van der Waals surface area contributed by atoms with Gasteiger partial charge in [-0.15, -0.1) is 0 Å². The molecule has 0 unspecified atom stereocenters. The highest BCUT2D eigenvalue weighted by Crippen LogP contribution is 2.21. The molecule has 4 aromatic rings. The number of carbonyl (C=O) groups is 1. The summed E-state index contributed by atoms with van der Waals surface area (Å²) in [6.45, 7) is 3.99. The van der Waals surface area contributed by atoms with Crippen LogP contribution in [-0.2, 0) is 6.42 Å². The number of nitrogens with one attached hydrogen (secondary N) is 1. The van der Waals surface area contributed by atoms with E-state index in [1.807, 2.05) is 37.3 Å². The second-order valence-corrected chi connectivity index (χ2v) is 7.00. The Bertz CT molecular complexity index is 1290. The SMILES string of the molecule is CCc1cccc(N=c2oc3cc(O)ccc3cc2C(=O)Nc2ccc(C)cn2)c1. The van der Waals surface area contributed by atoms with Crippen LogP contribution in [0.3, 0.4) is 0 Å². The summed E-state index contributed by atoms with van der Waals surface area (Å²) < 4.78 is 5.92. The number of rotatable bonds is 4. The maximum atomic E-state index is 13.0. The zero-order valence-electron chi connectivity index (χ0n) is 16.7. The van der Waals surface area contributed by atoms with E-state index in [0.29, 0.717) is 22.5 Å². The van der Waals surface area contributed by atoms with E-state index in [9.17, 15) is 9.90 Å². The van der Waals surface area contributed by atoms with Crippen molar-refractivity contribution in [1.29, 1.82) is 0 Å². The van der Waals surface area contributed by atoms with Crippen molar-refractivity contribution in [2.24, 2.45) is 4.99 Å². The summed E-state index contributed by atoms with van der Waals surface area (Å²) in [6.07, 6.45) is 2.56. The van der Waals surface area contributed by atoms with E-state index >= 15 is 0 Å². The molecule has 2 heterocycles. The van der Waals surface area contributed by atoms with E-state index in [0.717, 1.165) is 17.5 Å². The predicted octanol–water partition coefficient (Wildman–Crippen LogP) is 4.89. The van der Waals surface area contributed by atoms with Crippen molar-refractivity contribution in [2.45, 2.75) is 20.3 Å². The highest BCUT2D eigenvalue weighted by Gasteiger charge is 2.14. The number of amides is 1. The molecule has 0 atom stereocenters. The van der Waals surface area contributed by atoms with Gasteiger partial charge in [-0.25, -0.2) is 9.98 Å². The fourth-order valence-electron chi connectivity index (χ4n) is 3.04. The van der Waals surface area contributed by atoms with Gasteiger partial charge in [-0.05, 0) is 60.9 Å². The molecule has 150 valence electrons. The number of hydrogen-bond donors (Lipinski definition) is 2. The van der Waals surface area contributed by atoms with Gasteiger partial charge in [0.05, 0.1) is 5.69 Å². The zero-order chi connectivity index (χ0) is 21.1. The predicted molar refractivity (Wildman–Crippen MR) is 116 cm³/mol. The van der Waals surface area contributed by atoms with E-state index in [1.54, 1.807) is 30.5 Å². The van der Waals surface area contributed by atoms with Crippen molar-refractivity contribution in [1.82, 2.24) is 4.98 Å². The molecule has 1 amide bonds. The van der Waals surface area contributed by atoms with Crippen molar-refractivity contribution in [2.75, 3.05) is 5.32 Å². The number of nitrogens with zero attached hydrogens (tertiary/aromatic N) is 2. The van der Waals surface area contributed by atoms with Gasteiger partial charge in [-0.2, -0.15) is 0 Å². The van der Waals surface area contributed by atoms with Crippen molar-refractivity contribution < 1.29 is 14.3 Å². The second kappa shape index (κ2) is 8.21. The van der Waals surface area contributed by atoms with Gasteiger partial charge in [0.1, 0.15) is 22.7 Å². The van der Waals surface area contributed by atoms with Gasteiger partial charge in [-0.3, -0.25) is 4.79 Å².